The zero-order valence-corrected chi connectivity index (χ0v) is 17.0. The molecule has 0 aliphatic carbocycles. The number of carbonyl (C=O) groups is 1. The number of halogens is 2. The molecule has 0 atom stereocenters. The molecule has 0 aliphatic heterocycles. The third-order valence-electron chi connectivity index (χ3n) is 3.53. The Hall–Kier alpha value is -2.23. The molecule has 140 valence electrons. The zero-order valence-electron chi connectivity index (χ0n) is 13.8. The second kappa shape index (κ2) is 8.20. The van der Waals surface area contributed by atoms with Crippen LogP contribution in [-0.2, 0) is 16.6 Å². The molecule has 0 saturated carbocycles. The van der Waals surface area contributed by atoms with Gasteiger partial charge >= 0.3 is 0 Å². The smallest absolute Gasteiger partial charge is 0.271 e. The van der Waals surface area contributed by atoms with Crippen molar-refractivity contribution in [1.82, 2.24) is 5.32 Å². The van der Waals surface area contributed by atoms with Gasteiger partial charge in [0.1, 0.15) is 10.0 Å². The number of carbonyl (C=O) groups excluding carboxylic acids is 1. The van der Waals surface area contributed by atoms with Crippen molar-refractivity contribution in [3.8, 4) is 0 Å². The molecule has 9 heteroatoms. The minimum atomic E-state index is -3.63. The molecule has 27 heavy (non-hydrogen) atoms. The van der Waals surface area contributed by atoms with Crippen molar-refractivity contribution in [3.63, 3.8) is 0 Å². The molecule has 3 aromatic rings. The van der Waals surface area contributed by atoms with Crippen molar-refractivity contribution in [1.29, 1.82) is 0 Å². The van der Waals surface area contributed by atoms with Gasteiger partial charge in [-0.05, 0) is 59.5 Å². The zero-order chi connectivity index (χ0) is 19.4. The van der Waals surface area contributed by atoms with E-state index in [1.54, 1.807) is 17.5 Å². The van der Waals surface area contributed by atoms with E-state index in [1.165, 1.54) is 42.5 Å². The molecule has 0 radical (unpaired) electrons. The second-order valence-corrected chi connectivity index (χ2v) is 9.35. The number of amides is 1. The first-order chi connectivity index (χ1) is 12.8. The van der Waals surface area contributed by atoms with Crippen LogP contribution in [0, 0.1) is 5.82 Å². The highest BCUT2D eigenvalue weighted by molar-refractivity contribution is 9.10. The molecule has 0 aliphatic rings. The van der Waals surface area contributed by atoms with Gasteiger partial charge in [0.2, 0.25) is 0 Å². The number of thiophene rings is 1. The third kappa shape index (κ3) is 5.15. The summed E-state index contributed by atoms with van der Waals surface area (Å²) in [7, 11) is -3.63. The topological polar surface area (TPSA) is 75.3 Å². The van der Waals surface area contributed by atoms with Crippen molar-refractivity contribution in [2.45, 2.75) is 10.8 Å². The fraction of sp³-hybridized carbons (Fsp3) is 0.0556. The number of hydrogen-bond acceptors (Lipinski definition) is 4. The highest BCUT2D eigenvalue weighted by Crippen LogP contribution is 2.20. The maximum absolute atomic E-state index is 13.4. The van der Waals surface area contributed by atoms with Crippen molar-refractivity contribution in [3.05, 3.63) is 81.4 Å². The fourth-order valence-electron chi connectivity index (χ4n) is 2.31. The summed E-state index contributed by atoms with van der Waals surface area (Å²) in [6, 6.07) is 13.6. The summed E-state index contributed by atoms with van der Waals surface area (Å²) in [4.78, 5) is 12.2. The van der Waals surface area contributed by atoms with Gasteiger partial charge in [-0.25, -0.2) is 12.8 Å². The SMILES string of the molecule is O=C(NCc1cc(F)cc(Br)c1)c1ccc(NS(=O)(=O)c2cccs2)cc1. The predicted octanol–water partition coefficient (Wildman–Crippen LogP) is 4.38. The van der Waals surface area contributed by atoms with Crippen LogP contribution >= 0.6 is 27.3 Å². The first kappa shape index (κ1) is 19.5. The average molecular weight is 469 g/mol. The summed E-state index contributed by atoms with van der Waals surface area (Å²) < 4.78 is 41.0. The van der Waals surface area contributed by atoms with Gasteiger partial charge in [0, 0.05) is 22.3 Å². The van der Waals surface area contributed by atoms with E-state index in [9.17, 15) is 17.6 Å². The molecule has 2 aromatic carbocycles. The molecule has 0 bridgehead atoms. The summed E-state index contributed by atoms with van der Waals surface area (Å²) in [5, 5.41) is 4.38. The minimum absolute atomic E-state index is 0.169. The number of hydrogen-bond donors (Lipinski definition) is 2. The largest absolute Gasteiger partial charge is 0.348 e. The molecule has 0 fully saturated rings. The lowest BCUT2D eigenvalue weighted by atomic mass is 10.2. The Balaban J connectivity index is 1.63. The van der Waals surface area contributed by atoms with Gasteiger partial charge in [0.15, 0.2) is 0 Å². The van der Waals surface area contributed by atoms with Crippen LogP contribution < -0.4 is 10.0 Å². The molecule has 1 aromatic heterocycles. The Morgan fingerprint density at radius 1 is 1.11 bits per heavy atom. The normalized spacial score (nSPS) is 11.2. The molecular weight excluding hydrogens is 455 g/mol. The third-order valence-corrected chi connectivity index (χ3v) is 6.77. The van der Waals surface area contributed by atoms with E-state index in [1.807, 2.05) is 0 Å². The van der Waals surface area contributed by atoms with E-state index in [4.69, 9.17) is 0 Å². The summed E-state index contributed by atoms with van der Waals surface area (Å²) in [5.74, 6) is -0.737. The Morgan fingerprint density at radius 2 is 1.85 bits per heavy atom. The number of nitrogens with one attached hydrogen (secondary N) is 2. The van der Waals surface area contributed by atoms with Crippen molar-refractivity contribution in [2.75, 3.05) is 4.72 Å². The van der Waals surface area contributed by atoms with Crippen LogP contribution in [-0.4, -0.2) is 14.3 Å². The van der Waals surface area contributed by atoms with Crippen molar-refractivity contribution >= 4 is 48.9 Å². The molecule has 3 rings (SSSR count). The van der Waals surface area contributed by atoms with Crippen molar-refractivity contribution < 1.29 is 17.6 Å². The van der Waals surface area contributed by atoms with Crippen LogP contribution in [0.4, 0.5) is 10.1 Å². The Kier molecular flexibility index (Phi) is 5.93. The summed E-state index contributed by atoms with van der Waals surface area (Å²) in [5.41, 5.74) is 1.34. The van der Waals surface area contributed by atoms with Gasteiger partial charge < -0.3 is 5.32 Å². The van der Waals surface area contributed by atoms with Crippen LogP contribution in [0.5, 0.6) is 0 Å². The lowest BCUT2D eigenvalue weighted by Gasteiger charge is -2.09. The van der Waals surface area contributed by atoms with E-state index < -0.39 is 15.8 Å². The Bertz CT molecular complexity index is 1030. The summed E-state index contributed by atoms with van der Waals surface area (Å²) in [6.45, 7) is 0.169. The van der Waals surface area contributed by atoms with E-state index >= 15 is 0 Å². The van der Waals surface area contributed by atoms with Crippen molar-refractivity contribution in [2.24, 2.45) is 0 Å². The first-order valence-electron chi connectivity index (χ1n) is 7.73. The quantitative estimate of drug-likeness (QED) is 0.563. The average Bonchev–Trinajstić information content (AvgIpc) is 3.15. The molecule has 0 spiro atoms. The number of rotatable bonds is 6. The first-order valence-corrected chi connectivity index (χ1v) is 10.9. The van der Waals surface area contributed by atoms with Crippen LogP contribution in [0.3, 0.4) is 0 Å². The molecule has 1 amide bonds. The monoisotopic (exact) mass is 468 g/mol. The number of anilines is 1. The predicted molar refractivity (Wildman–Crippen MR) is 107 cm³/mol. The maximum atomic E-state index is 13.4. The lowest BCUT2D eigenvalue weighted by Crippen LogP contribution is -2.22. The highest BCUT2D eigenvalue weighted by atomic mass is 79.9. The highest BCUT2D eigenvalue weighted by Gasteiger charge is 2.15. The molecule has 0 unspecified atom stereocenters. The molecule has 5 nitrogen and oxygen atoms in total. The van der Waals surface area contributed by atoms with Gasteiger partial charge in [-0.3, -0.25) is 9.52 Å². The van der Waals surface area contributed by atoms with E-state index in [0.29, 0.717) is 21.3 Å². The van der Waals surface area contributed by atoms with Gasteiger partial charge in [0.05, 0.1) is 0 Å². The Labute approximate surface area is 168 Å². The van der Waals surface area contributed by atoms with Crippen LogP contribution in [0.15, 0.2) is 68.7 Å². The Morgan fingerprint density at radius 3 is 2.48 bits per heavy atom. The summed E-state index contributed by atoms with van der Waals surface area (Å²) in [6.07, 6.45) is 0. The van der Waals surface area contributed by atoms with E-state index in [2.05, 4.69) is 26.0 Å². The van der Waals surface area contributed by atoms with E-state index in [0.717, 1.165) is 11.3 Å². The molecule has 2 N–H and O–H groups in total. The van der Waals surface area contributed by atoms with Gasteiger partial charge in [-0.15, -0.1) is 11.3 Å². The molecule has 0 saturated heterocycles. The van der Waals surface area contributed by atoms with Crippen LogP contribution in [0.1, 0.15) is 15.9 Å². The van der Waals surface area contributed by atoms with Gasteiger partial charge in [0.25, 0.3) is 15.9 Å². The second-order valence-electron chi connectivity index (χ2n) is 5.58. The summed E-state index contributed by atoms with van der Waals surface area (Å²) >= 11 is 4.32. The molecular formula is C18H14BrFN2O3S2. The maximum Gasteiger partial charge on any atom is 0.271 e. The number of sulfonamides is 1. The van der Waals surface area contributed by atoms with Crippen LogP contribution in [0.2, 0.25) is 0 Å². The standard InChI is InChI=1S/C18H14BrFN2O3S2/c19-14-8-12(9-15(20)10-14)11-21-18(23)13-3-5-16(6-4-13)22-27(24,25)17-2-1-7-26-17/h1-10,22H,11H2,(H,21,23). The van der Waals surface area contributed by atoms with Crippen LogP contribution in [0.25, 0.3) is 0 Å². The lowest BCUT2D eigenvalue weighted by molar-refractivity contribution is 0.0951. The number of benzene rings is 2. The molecule has 1 heterocycles. The fourth-order valence-corrected chi connectivity index (χ4v) is 4.87. The van der Waals surface area contributed by atoms with Gasteiger partial charge in [-0.2, -0.15) is 0 Å². The van der Waals surface area contributed by atoms with Gasteiger partial charge in [-0.1, -0.05) is 22.0 Å². The minimum Gasteiger partial charge on any atom is -0.348 e. The van der Waals surface area contributed by atoms with E-state index in [-0.39, 0.29) is 16.7 Å².